The third-order valence-electron chi connectivity index (χ3n) is 7.11. The fraction of sp³-hybridized carbons (Fsp3) is 0.429. The van der Waals surface area contributed by atoms with Gasteiger partial charge in [0.1, 0.15) is 5.82 Å². The van der Waals surface area contributed by atoms with E-state index in [-0.39, 0.29) is 18.2 Å². The molecule has 0 spiro atoms. The molecule has 3 aromatic rings. The largest absolute Gasteiger partial charge is 0.416 e. The lowest BCUT2D eigenvalue weighted by Gasteiger charge is -2.30. The molecule has 1 saturated carbocycles. The number of hydrogen-bond acceptors (Lipinski definition) is 3. The molecule has 1 aliphatic rings. The summed E-state index contributed by atoms with van der Waals surface area (Å²) in [5, 5.41) is 0.788. The van der Waals surface area contributed by atoms with Crippen molar-refractivity contribution in [2.45, 2.75) is 58.0 Å². The van der Waals surface area contributed by atoms with Gasteiger partial charge >= 0.3 is 18.4 Å². The Balaban J connectivity index is 1.72. The molecule has 5 nitrogen and oxygen atoms in total. The molecule has 2 amide bonds. The zero-order chi connectivity index (χ0) is 28.4. The van der Waals surface area contributed by atoms with Gasteiger partial charge in [-0.25, -0.2) is 9.78 Å². The molecular weight excluding hydrogens is 522 g/mol. The topological polar surface area (TPSA) is 62.5 Å². The molecule has 2 N–H and O–H groups in total. The highest BCUT2D eigenvalue weighted by molar-refractivity contribution is 5.82. The monoisotopic (exact) mass is 552 g/mol. The molecule has 0 atom stereocenters. The van der Waals surface area contributed by atoms with Gasteiger partial charge in [-0.2, -0.15) is 26.3 Å². The van der Waals surface area contributed by atoms with E-state index in [0.717, 1.165) is 48.0 Å². The van der Waals surface area contributed by atoms with Crippen LogP contribution in [0.15, 0.2) is 48.5 Å². The normalized spacial score (nSPS) is 14.6. The maximum Gasteiger partial charge on any atom is 0.416 e. The molecule has 1 heterocycles. The van der Waals surface area contributed by atoms with Gasteiger partial charge in [-0.05, 0) is 61.6 Å². The number of primary amides is 1. The molecule has 1 aromatic heterocycles. The second-order valence-corrected chi connectivity index (χ2v) is 9.96. The van der Waals surface area contributed by atoms with Crippen molar-refractivity contribution in [1.82, 2.24) is 9.88 Å². The van der Waals surface area contributed by atoms with E-state index in [0.29, 0.717) is 36.0 Å². The van der Waals surface area contributed by atoms with Crippen LogP contribution in [0.1, 0.15) is 54.9 Å². The first-order chi connectivity index (χ1) is 18.3. The lowest BCUT2D eigenvalue weighted by molar-refractivity contribution is -0.143. The number of amides is 2. The van der Waals surface area contributed by atoms with Crippen LogP contribution in [0.5, 0.6) is 0 Å². The van der Waals surface area contributed by atoms with Crippen LogP contribution < -0.4 is 10.6 Å². The average molecular weight is 553 g/mol. The Bertz CT molecular complexity index is 1290. The van der Waals surface area contributed by atoms with E-state index < -0.39 is 36.1 Å². The smallest absolute Gasteiger partial charge is 0.356 e. The molecule has 0 radical (unpaired) electrons. The minimum Gasteiger partial charge on any atom is -0.356 e. The zero-order valence-corrected chi connectivity index (χ0v) is 21.4. The lowest BCUT2D eigenvalue weighted by atomic mass is 10.0. The Hall–Kier alpha value is -3.50. The first-order valence-corrected chi connectivity index (χ1v) is 12.8. The molecule has 4 rings (SSSR count). The van der Waals surface area contributed by atoms with Crippen molar-refractivity contribution in [3.63, 3.8) is 0 Å². The van der Waals surface area contributed by atoms with Crippen molar-refractivity contribution in [2.75, 3.05) is 18.0 Å². The van der Waals surface area contributed by atoms with E-state index in [1.54, 1.807) is 0 Å². The molecule has 210 valence electrons. The Morgan fingerprint density at radius 1 is 0.949 bits per heavy atom. The summed E-state index contributed by atoms with van der Waals surface area (Å²) in [6, 6.07) is 9.55. The van der Waals surface area contributed by atoms with Crippen LogP contribution in [0.3, 0.4) is 0 Å². The third-order valence-corrected chi connectivity index (χ3v) is 7.11. The number of nitrogens with zero attached hydrogens (tertiary/aromatic N) is 3. The predicted molar refractivity (Wildman–Crippen MR) is 137 cm³/mol. The van der Waals surface area contributed by atoms with Gasteiger partial charge in [-0.3, -0.25) is 0 Å². The van der Waals surface area contributed by atoms with Gasteiger partial charge in [-0.1, -0.05) is 31.0 Å². The van der Waals surface area contributed by atoms with Crippen molar-refractivity contribution < 1.29 is 31.1 Å². The van der Waals surface area contributed by atoms with Gasteiger partial charge < -0.3 is 15.5 Å². The molecule has 2 aromatic carbocycles. The number of fused-ring (bicyclic) bond motifs is 1. The van der Waals surface area contributed by atoms with Gasteiger partial charge in [0.15, 0.2) is 0 Å². The maximum atomic E-state index is 13.4. The summed E-state index contributed by atoms with van der Waals surface area (Å²) in [5.74, 6) is 1.11. The minimum absolute atomic E-state index is 0.0611. The van der Waals surface area contributed by atoms with Crippen molar-refractivity contribution in [2.24, 2.45) is 11.7 Å². The zero-order valence-electron chi connectivity index (χ0n) is 21.4. The molecule has 39 heavy (non-hydrogen) atoms. The molecule has 11 heteroatoms. The number of halogens is 6. The van der Waals surface area contributed by atoms with E-state index in [1.807, 2.05) is 37.3 Å². The van der Waals surface area contributed by atoms with Crippen LogP contribution in [-0.4, -0.2) is 29.0 Å². The number of rotatable bonds is 8. The predicted octanol–water partition coefficient (Wildman–Crippen LogP) is 7.37. The molecule has 1 fully saturated rings. The van der Waals surface area contributed by atoms with Crippen LogP contribution in [0.2, 0.25) is 0 Å². The number of nitrogens with two attached hydrogens (primary N) is 1. The van der Waals surface area contributed by atoms with Gasteiger partial charge in [0.2, 0.25) is 0 Å². The fourth-order valence-corrected chi connectivity index (χ4v) is 5.16. The van der Waals surface area contributed by atoms with Crippen LogP contribution in [0.4, 0.5) is 37.0 Å². The highest BCUT2D eigenvalue weighted by Crippen LogP contribution is 2.37. The molecule has 0 bridgehead atoms. The van der Waals surface area contributed by atoms with Crippen molar-refractivity contribution >= 4 is 22.8 Å². The number of carbonyl (C=O) groups is 1. The first kappa shape index (κ1) is 28.5. The van der Waals surface area contributed by atoms with Crippen molar-refractivity contribution in [1.29, 1.82) is 0 Å². The van der Waals surface area contributed by atoms with Crippen LogP contribution >= 0.6 is 0 Å². The quantitative estimate of drug-likeness (QED) is 0.297. The Morgan fingerprint density at radius 2 is 1.56 bits per heavy atom. The Morgan fingerprint density at radius 3 is 2.13 bits per heavy atom. The number of anilines is 1. The number of hydrogen-bond donors (Lipinski definition) is 1. The number of benzene rings is 2. The number of carbonyl (C=O) groups excluding carboxylic acids is 1. The maximum absolute atomic E-state index is 13.4. The summed E-state index contributed by atoms with van der Waals surface area (Å²) in [7, 11) is 0. The average Bonchev–Trinajstić information content (AvgIpc) is 3.38. The van der Waals surface area contributed by atoms with Gasteiger partial charge in [0.05, 0.1) is 23.2 Å². The van der Waals surface area contributed by atoms with E-state index >= 15 is 0 Å². The summed E-state index contributed by atoms with van der Waals surface area (Å²) < 4.78 is 80.3. The summed E-state index contributed by atoms with van der Waals surface area (Å²) in [4.78, 5) is 20.4. The summed E-state index contributed by atoms with van der Waals surface area (Å²) in [5.41, 5.74) is 3.71. The summed E-state index contributed by atoms with van der Waals surface area (Å²) >= 11 is 0. The fourth-order valence-electron chi connectivity index (χ4n) is 5.16. The standard InChI is InChI=1S/C28H30F6N4O/c1-2-37(15-18-7-3-4-8-18)25-21(13-20-9-5-6-10-24(20)36-25)17-38(26(35)39)16-19-11-22(27(29,30)31)14-23(12-19)28(32,33)34/h5-6,9-14,18H,2-4,7-8,15-17H2,1H3,(H2,35,39). The summed E-state index contributed by atoms with van der Waals surface area (Å²) in [6.07, 6.45) is -5.47. The number of aromatic nitrogens is 1. The molecule has 0 aliphatic heterocycles. The third kappa shape index (κ3) is 6.93. The number of urea groups is 1. The molecular formula is C28H30F6N4O. The first-order valence-electron chi connectivity index (χ1n) is 12.8. The van der Waals surface area contributed by atoms with Gasteiger partial charge in [0.25, 0.3) is 0 Å². The Kier molecular flexibility index (Phi) is 8.27. The van der Waals surface area contributed by atoms with Crippen LogP contribution in [0.25, 0.3) is 10.9 Å². The van der Waals surface area contributed by atoms with Crippen LogP contribution in [0, 0.1) is 5.92 Å². The number of para-hydroxylation sites is 1. The second kappa shape index (κ2) is 11.3. The van der Waals surface area contributed by atoms with Crippen LogP contribution in [-0.2, 0) is 25.4 Å². The second-order valence-electron chi connectivity index (χ2n) is 9.96. The molecule has 1 aliphatic carbocycles. The van der Waals surface area contributed by atoms with E-state index in [9.17, 15) is 31.1 Å². The number of alkyl halides is 6. The highest BCUT2D eigenvalue weighted by Gasteiger charge is 2.37. The molecule has 0 saturated heterocycles. The summed E-state index contributed by atoms with van der Waals surface area (Å²) in [6.45, 7) is 2.70. The lowest BCUT2D eigenvalue weighted by Crippen LogP contribution is -2.36. The van der Waals surface area contributed by atoms with Crippen molar-refractivity contribution in [3.05, 3.63) is 70.8 Å². The van der Waals surface area contributed by atoms with Gasteiger partial charge in [0, 0.05) is 30.6 Å². The van der Waals surface area contributed by atoms with Crippen molar-refractivity contribution in [3.8, 4) is 0 Å². The molecule has 0 unspecified atom stereocenters. The minimum atomic E-state index is -5.00. The Labute approximate surface area is 222 Å². The van der Waals surface area contributed by atoms with E-state index in [1.165, 1.54) is 0 Å². The van der Waals surface area contributed by atoms with Gasteiger partial charge in [-0.15, -0.1) is 0 Å². The highest BCUT2D eigenvalue weighted by atomic mass is 19.4. The van der Waals surface area contributed by atoms with E-state index in [2.05, 4.69) is 4.90 Å². The van der Waals surface area contributed by atoms with E-state index in [4.69, 9.17) is 10.7 Å². The SMILES string of the molecule is CCN(CC1CCCC1)c1nc2ccccc2cc1CN(Cc1cc(C(F)(F)F)cc(C(F)(F)F)c1)C(N)=O. The number of pyridine rings is 1.